The summed E-state index contributed by atoms with van der Waals surface area (Å²) in [5, 5.41) is 2.82. The van der Waals surface area contributed by atoms with Crippen LogP contribution in [0.15, 0.2) is 59.5 Å². The molecule has 1 saturated heterocycles. The van der Waals surface area contributed by atoms with Crippen LogP contribution in [-0.4, -0.2) is 51.0 Å². The zero-order valence-corrected chi connectivity index (χ0v) is 17.5. The molecule has 2 aromatic rings. The maximum Gasteiger partial charge on any atom is 0.243 e. The van der Waals surface area contributed by atoms with E-state index >= 15 is 0 Å². The van der Waals surface area contributed by atoms with Crippen molar-refractivity contribution in [3.8, 4) is 0 Å². The SMILES string of the molecule is Cc1ccc(S(=O)(=O)N(CCc2ccccc2)CC(=O)NC[C@H]2CCCO2)cc1. The highest BCUT2D eigenvalue weighted by molar-refractivity contribution is 7.89. The molecule has 6 nitrogen and oxygen atoms in total. The molecule has 0 unspecified atom stereocenters. The summed E-state index contributed by atoms with van der Waals surface area (Å²) in [6, 6.07) is 16.4. The zero-order valence-electron chi connectivity index (χ0n) is 16.7. The number of hydrogen-bond acceptors (Lipinski definition) is 4. The van der Waals surface area contributed by atoms with Gasteiger partial charge in [0.15, 0.2) is 0 Å². The van der Waals surface area contributed by atoms with Crippen molar-refractivity contribution in [1.29, 1.82) is 0 Å². The summed E-state index contributed by atoms with van der Waals surface area (Å²) in [6.45, 7) is 3.05. The van der Waals surface area contributed by atoms with E-state index in [1.165, 1.54) is 4.31 Å². The van der Waals surface area contributed by atoms with Gasteiger partial charge in [-0.05, 0) is 43.9 Å². The number of nitrogens with one attached hydrogen (secondary N) is 1. The lowest BCUT2D eigenvalue weighted by Gasteiger charge is -2.22. The molecule has 29 heavy (non-hydrogen) atoms. The molecule has 0 spiro atoms. The number of aryl methyl sites for hydroxylation is 1. The van der Waals surface area contributed by atoms with E-state index in [9.17, 15) is 13.2 Å². The molecule has 1 atom stereocenters. The van der Waals surface area contributed by atoms with Gasteiger partial charge >= 0.3 is 0 Å². The predicted octanol–water partition coefficient (Wildman–Crippen LogP) is 2.52. The number of carbonyl (C=O) groups excluding carboxylic acids is 1. The number of amides is 1. The summed E-state index contributed by atoms with van der Waals surface area (Å²) in [5.41, 5.74) is 2.01. The summed E-state index contributed by atoms with van der Waals surface area (Å²) in [4.78, 5) is 12.7. The molecule has 2 aromatic carbocycles. The molecule has 1 heterocycles. The van der Waals surface area contributed by atoms with Gasteiger partial charge in [0.05, 0.1) is 17.5 Å². The summed E-state index contributed by atoms with van der Waals surface area (Å²) in [7, 11) is -3.78. The lowest BCUT2D eigenvalue weighted by atomic mass is 10.1. The Morgan fingerprint density at radius 2 is 1.86 bits per heavy atom. The number of rotatable bonds is 9. The molecule has 1 N–H and O–H groups in total. The fourth-order valence-corrected chi connectivity index (χ4v) is 4.69. The van der Waals surface area contributed by atoms with Crippen LogP contribution in [0.4, 0.5) is 0 Å². The fraction of sp³-hybridized carbons (Fsp3) is 0.409. The van der Waals surface area contributed by atoms with Gasteiger partial charge in [-0.2, -0.15) is 4.31 Å². The predicted molar refractivity (Wildman–Crippen MR) is 112 cm³/mol. The minimum atomic E-state index is -3.78. The molecule has 1 aliphatic rings. The number of benzene rings is 2. The van der Waals surface area contributed by atoms with E-state index < -0.39 is 10.0 Å². The topological polar surface area (TPSA) is 75.7 Å². The Morgan fingerprint density at radius 3 is 2.52 bits per heavy atom. The standard InChI is InChI=1S/C22H28N2O4S/c1-18-9-11-21(12-10-18)29(26,27)24(14-13-19-6-3-2-4-7-19)17-22(25)23-16-20-8-5-15-28-20/h2-4,6-7,9-12,20H,5,8,13-17H2,1H3,(H,23,25)/t20-/m1/s1. The molecular formula is C22H28N2O4S. The second-order valence-corrected chi connectivity index (χ2v) is 9.26. The molecule has 0 radical (unpaired) electrons. The third kappa shape index (κ3) is 6.13. The molecule has 1 amide bonds. The van der Waals surface area contributed by atoms with E-state index in [0.29, 0.717) is 19.6 Å². The number of nitrogens with zero attached hydrogens (tertiary/aromatic N) is 1. The van der Waals surface area contributed by atoms with Crippen molar-refractivity contribution in [2.24, 2.45) is 0 Å². The number of sulfonamides is 1. The van der Waals surface area contributed by atoms with Gasteiger partial charge in [-0.25, -0.2) is 8.42 Å². The smallest absolute Gasteiger partial charge is 0.243 e. The second-order valence-electron chi connectivity index (χ2n) is 7.33. The van der Waals surface area contributed by atoms with Gasteiger partial charge in [-0.15, -0.1) is 0 Å². The van der Waals surface area contributed by atoms with Gasteiger partial charge in [0.25, 0.3) is 0 Å². The van der Waals surface area contributed by atoms with Gasteiger partial charge in [0.2, 0.25) is 15.9 Å². The molecule has 3 rings (SSSR count). The summed E-state index contributed by atoms with van der Waals surface area (Å²) in [5.74, 6) is -0.316. The first-order chi connectivity index (χ1) is 13.9. The van der Waals surface area contributed by atoms with Gasteiger partial charge in [-0.3, -0.25) is 4.79 Å². The Bertz CT molecular complexity index is 892. The van der Waals surface area contributed by atoms with Crippen molar-refractivity contribution in [2.45, 2.75) is 37.2 Å². The van der Waals surface area contributed by atoms with Crippen LogP contribution in [0.5, 0.6) is 0 Å². The largest absolute Gasteiger partial charge is 0.376 e. The van der Waals surface area contributed by atoms with E-state index in [4.69, 9.17) is 4.74 Å². The van der Waals surface area contributed by atoms with Crippen LogP contribution in [0.2, 0.25) is 0 Å². The molecule has 0 aliphatic carbocycles. The van der Waals surface area contributed by atoms with Crippen LogP contribution in [-0.2, 0) is 26.0 Å². The van der Waals surface area contributed by atoms with Crippen LogP contribution >= 0.6 is 0 Å². The molecule has 1 aliphatic heterocycles. The van der Waals surface area contributed by atoms with Crippen molar-refractivity contribution < 1.29 is 17.9 Å². The maximum absolute atomic E-state index is 13.2. The minimum absolute atomic E-state index is 0.0189. The summed E-state index contributed by atoms with van der Waals surface area (Å²) in [6.07, 6.45) is 2.46. The molecule has 156 valence electrons. The van der Waals surface area contributed by atoms with Crippen molar-refractivity contribution in [1.82, 2.24) is 9.62 Å². The third-order valence-corrected chi connectivity index (χ3v) is 6.88. The third-order valence-electron chi connectivity index (χ3n) is 5.02. The van der Waals surface area contributed by atoms with Crippen LogP contribution < -0.4 is 5.32 Å². The van der Waals surface area contributed by atoms with Crippen molar-refractivity contribution in [3.63, 3.8) is 0 Å². The number of ether oxygens (including phenoxy) is 1. The quantitative estimate of drug-likeness (QED) is 0.682. The average molecular weight is 417 g/mol. The van der Waals surface area contributed by atoms with E-state index in [0.717, 1.165) is 24.0 Å². The Hall–Kier alpha value is -2.22. The summed E-state index contributed by atoms with van der Waals surface area (Å²) >= 11 is 0. The van der Waals surface area contributed by atoms with Crippen LogP contribution in [0, 0.1) is 6.92 Å². The molecule has 0 bridgehead atoms. The second kappa shape index (κ2) is 10.0. The van der Waals surface area contributed by atoms with E-state index in [1.807, 2.05) is 37.3 Å². The van der Waals surface area contributed by atoms with Crippen molar-refractivity contribution in [2.75, 3.05) is 26.2 Å². The monoisotopic (exact) mass is 416 g/mol. The first kappa shape index (κ1) is 21.5. The zero-order chi connectivity index (χ0) is 20.7. The highest BCUT2D eigenvalue weighted by atomic mass is 32.2. The lowest BCUT2D eigenvalue weighted by Crippen LogP contribution is -2.43. The Balaban J connectivity index is 1.71. The van der Waals surface area contributed by atoms with Crippen LogP contribution in [0.3, 0.4) is 0 Å². The maximum atomic E-state index is 13.2. The number of hydrogen-bond donors (Lipinski definition) is 1. The molecule has 1 fully saturated rings. The highest BCUT2D eigenvalue weighted by Gasteiger charge is 2.27. The normalized spacial score (nSPS) is 16.8. The highest BCUT2D eigenvalue weighted by Crippen LogP contribution is 2.17. The van der Waals surface area contributed by atoms with Crippen molar-refractivity contribution in [3.05, 3.63) is 65.7 Å². The molecule has 7 heteroatoms. The Morgan fingerprint density at radius 1 is 1.14 bits per heavy atom. The van der Waals surface area contributed by atoms with Gasteiger partial charge in [0.1, 0.15) is 0 Å². The lowest BCUT2D eigenvalue weighted by molar-refractivity contribution is -0.121. The minimum Gasteiger partial charge on any atom is -0.376 e. The average Bonchev–Trinajstić information content (AvgIpc) is 3.24. The van der Waals surface area contributed by atoms with Crippen LogP contribution in [0.25, 0.3) is 0 Å². The molecule has 0 saturated carbocycles. The van der Waals surface area contributed by atoms with E-state index in [2.05, 4.69) is 5.32 Å². The fourth-order valence-electron chi connectivity index (χ4n) is 3.29. The molecule has 0 aromatic heterocycles. The van der Waals surface area contributed by atoms with Crippen molar-refractivity contribution >= 4 is 15.9 Å². The van der Waals surface area contributed by atoms with E-state index in [-0.39, 0.29) is 30.0 Å². The number of carbonyl (C=O) groups is 1. The first-order valence-corrected chi connectivity index (χ1v) is 11.4. The first-order valence-electron chi connectivity index (χ1n) is 9.94. The Labute approximate surface area is 172 Å². The Kier molecular flexibility index (Phi) is 7.41. The van der Waals surface area contributed by atoms with E-state index in [1.54, 1.807) is 24.3 Å². The van der Waals surface area contributed by atoms with Gasteiger partial charge < -0.3 is 10.1 Å². The van der Waals surface area contributed by atoms with Gasteiger partial charge in [-0.1, -0.05) is 48.0 Å². The summed E-state index contributed by atoms with van der Waals surface area (Å²) < 4.78 is 33.1. The van der Waals surface area contributed by atoms with Gasteiger partial charge in [0, 0.05) is 19.7 Å². The molecular weight excluding hydrogens is 388 g/mol. The van der Waals surface area contributed by atoms with Crippen LogP contribution in [0.1, 0.15) is 24.0 Å².